The van der Waals surface area contributed by atoms with Crippen LogP contribution in [0.1, 0.15) is 25.3 Å². The summed E-state index contributed by atoms with van der Waals surface area (Å²) >= 11 is 5.96. The van der Waals surface area contributed by atoms with E-state index in [4.69, 9.17) is 16.3 Å². The lowest BCUT2D eigenvalue weighted by atomic mass is 10.2. The minimum Gasteiger partial charge on any atom is -0.481 e. The monoisotopic (exact) mass is 311 g/mol. The van der Waals surface area contributed by atoms with Crippen LogP contribution in [0, 0.1) is 12.8 Å². The molecule has 116 valence electrons. The fourth-order valence-corrected chi connectivity index (χ4v) is 2.37. The molecule has 0 aliphatic heterocycles. The summed E-state index contributed by atoms with van der Waals surface area (Å²) in [7, 11) is 1.70. The van der Waals surface area contributed by atoms with Gasteiger partial charge in [0.2, 0.25) is 0 Å². The van der Waals surface area contributed by atoms with Crippen molar-refractivity contribution in [1.29, 1.82) is 0 Å². The highest BCUT2D eigenvalue weighted by atomic mass is 35.5. The maximum Gasteiger partial charge on any atom is 0.263 e. The molecule has 1 N–H and O–H groups in total. The summed E-state index contributed by atoms with van der Waals surface area (Å²) in [4.78, 5) is 13.8. The highest BCUT2D eigenvalue weighted by Gasteiger charge is 2.32. The van der Waals surface area contributed by atoms with Gasteiger partial charge in [-0.05, 0) is 56.4 Å². The van der Waals surface area contributed by atoms with Crippen LogP contribution in [0.3, 0.4) is 0 Å². The molecule has 21 heavy (non-hydrogen) atoms. The fourth-order valence-electron chi connectivity index (χ4n) is 2.26. The van der Waals surface area contributed by atoms with E-state index in [-0.39, 0.29) is 5.91 Å². The Labute approximate surface area is 130 Å². The van der Waals surface area contributed by atoms with Gasteiger partial charge in [-0.15, -0.1) is 0 Å². The van der Waals surface area contributed by atoms with E-state index in [1.807, 2.05) is 13.0 Å². The number of nitrogens with zero attached hydrogens (tertiary/aromatic N) is 1. The van der Waals surface area contributed by atoms with Crippen molar-refractivity contribution in [3.63, 3.8) is 0 Å². The Balaban J connectivity index is 1.90. The van der Waals surface area contributed by atoms with E-state index in [9.17, 15) is 9.90 Å². The number of hydrogen-bond acceptors (Lipinski definition) is 3. The molecule has 1 aliphatic rings. The number of likely N-dealkylation sites (N-methyl/N-ethyl adjacent to an activating group) is 1. The second-order valence-electron chi connectivity index (χ2n) is 5.79. The predicted molar refractivity (Wildman–Crippen MR) is 82.6 cm³/mol. The van der Waals surface area contributed by atoms with Crippen LogP contribution in [0.25, 0.3) is 0 Å². The van der Waals surface area contributed by atoms with E-state index in [1.54, 1.807) is 26.1 Å². The fraction of sp³-hybridized carbons (Fsp3) is 0.562. The molecule has 1 aromatic carbocycles. The largest absolute Gasteiger partial charge is 0.481 e. The number of aliphatic hydroxyl groups excluding tert-OH is 1. The Bertz CT molecular complexity index is 516. The first kappa shape index (κ1) is 16.1. The zero-order chi connectivity index (χ0) is 15.6. The highest BCUT2D eigenvalue weighted by Crippen LogP contribution is 2.32. The first-order chi connectivity index (χ1) is 9.88. The van der Waals surface area contributed by atoms with Gasteiger partial charge in [0.25, 0.3) is 5.91 Å². The second-order valence-corrected chi connectivity index (χ2v) is 6.20. The van der Waals surface area contributed by atoms with E-state index >= 15 is 0 Å². The summed E-state index contributed by atoms with van der Waals surface area (Å²) in [5, 5.41) is 10.6. The van der Waals surface area contributed by atoms with E-state index in [0.717, 1.165) is 18.4 Å². The predicted octanol–water partition coefficient (Wildman–Crippen LogP) is 2.65. The molecule has 5 heteroatoms. The second kappa shape index (κ2) is 6.67. The number of benzene rings is 1. The summed E-state index contributed by atoms with van der Waals surface area (Å²) in [5.74, 6) is 0.839. The molecule has 1 fully saturated rings. The van der Waals surface area contributed by atoms with Gasteiger partial charge in [0.15, 0.2) is 6.10 Å². The van der Waals surface area contributed by atoms with E-state index in [2.05, 4.69) is 0 Å². The Morgan fingerprint density at radius 3 is 2.76 bits per heavy atom. The molecule has 1 saturated carbocycles. The molecule has 2 rings (SSSR count). The summed E-state index contributed by atoms with van der Waals surface area (Å²) in [6.45, 7) is 3.96. The van der Waals surface area contributed by atoms with Crippen LogP contribution < -0.4 is 4.74 Å². The molecule has 4 nitrogen and oxygen atoms in total. The molecule has 0 aromatic heterocycles. The number of amides is 1. The van der Waals surface area contributed by atoms with Gasteiger partial charge in [0.1, 0.15) is 5.75 Å². The van der Waals surface area contributed by atoms with Gasteiger partial charge < -0.3 is 14.7 Å². The Morgan fingerprint density at radius 1 is 1.52 bits per heavy atom. The number of aryl methyl sites for hydroxylation is 1. The van der Waals surface area contributed by atoms with Gasteiger partial charge in [0.05, 0.1) is 6.10 Å². The molecule has 0 radical (unpaired) electrons. The maximum atomic E-state index is 12.2. The van der Waals surface area contributed by atoms with Crippen LogP contribution in [0.5, 0.6) is 5.75 Å². The van der Waals surface area contributed by atoms with Crippen LogP contribution in [-0.4, -0.2) is 41.7 Å². The minimum absolute atomic E-state index is 0.137. The van der Waals surface area contributed by atoms with Crippen molar-refractivity contribution in [1.82, 2.24) is 4.90 Å². The lowest BCUT2D eigenvalue weighted by molar-refractivity contribution is -0.138. The third-order valence-electron chi connectivity index (χ3n) is 3.79. The molecule has 1 amide bonds. The van der Waals surface area contributed by atoms with Crippen molar-refractivity contribution in [2.24, 2.45) is 5.92 Å². The summed E-state index contributed by atoms with van der Waals surface area (Å²) in [6, 6.07) is 5.31. The van der Waals surface area contributed by atoms with Gasteiger partial charge in [-0.3, -0.25) is 4.79 Å². The average molecular weight is 312 g/mol. The number of rotatable bonds is 6. The number of carbonyl (C=O) groups is 1. The highest BCUT2D eigenvalue weighted by molar-refractivity contribution is 6.31. The van der Waals surface area contributed by atoms with Crippen molar-refractivity contribution >= 4 is 17.5 Å². The third-order valence-corrected chi connectivity index (χ3v) is 4.22. The van der Waals surface area contributed by atoms with Crippen LogP contribution in [0.15, 0.2) is 18.2 Å². The van der Waals surface area contributed by atoms with Crippen molar-refractivity contribution in [2.75, 3.05) is 13.6 Å². The lowest BCUT2D eigenvalue weighted by Gasteiger charge is -2.24. The molecule has 0 saturated heterocycles. The molecular weight excluding hydrogens is 290 g/mol. The minimum atomic E-state index is -0.595. The van der Waals surface area contributed by atoms with Gasteiger partial charge in [-0.2, -0.15) is 0 Å². The number of halogens is 1. The standard InChI is InChI=1S/C16H22ClNO3/c1-10-8-13(6-7-14(10)17)21-11(2)16(20)18(3)9-15(19)12-4-5-12/h6-8,11-12,15,19H,4-5,9H2,1-3H3. The molecule has 0 heterocycles. The molecular formula is C16H22ClNO3. The van der Waals surface area contributed by atoms with Crippen LogP contribution in [-0.2, 0) is 4.79 Å². The molecule has 2 atom stereocenters. The number of carbonyl (C=O) groups excluding carboxylic acids is 1. The van der Waals surface area contributed by atoms with Crippen molar-refractivity contribution < 1.29 is 14.6 Å². The molecule has 1 aromatic rings. The van der Waals surface area contributed by atoms with Crippen molar-refractivity contribution in [2.45, 2.75) is 38.9 Å². The van der Waals surface area contributed by atoms with Gasteiger partial charge in [-0.1, -0.05) is 11.6 Å². The zero-order valence-corrected chi connectivity index (χ0v) is 13.4. The SMILES string of the molecule is Cc1cc(OC(C)C(=O)N(C)CC(O)C2CC2)ccc1Cl. The number of ether oxygens (including phenoxy) is 1. The van der Waals surface area contributed by atoms with Crippen LogP contribution in [0.4, 0.5) is 0 Å². The third kappa shape index (κ3) is 4.35. The summed E-state index contributed by atoms with van der Waals surface area (Å²) < 4.78 is 5.66. The molecule has 0 bridgehead atoms. The first-order valence-corrected chi connectivity index (χ1v) is 7.62. The Morgan fingerprint density at radius 2 is 2.19 bits per heavy atom. The first-order valence-electron chi connectivity index (χ1n) is 7.24. The number of aliphatic hydroxyl groups is 1. The molecule has 1 aliphatic carbocycles. The number of hydrogen-bond donors (Lipinski definition) is 1. The van der Waals surface area contributed by atoms with Crippen LogP contribution >= 0.6 is 11.6 Å². The lowest BCUT2D eigenvalue weighted by Crippen LogP contribution is -2.42. The van der Waals surface area contributed by atoms with E-state index < -0.39 is 12.2 Å². The summed E-state index contributed by atoms with van der Waals surface area (Å²) in [6.07, 6.45) is 1.09. The smallest absolute Gasteiger partial charge is 0.263 e. The molecule has 2 unspecified atom stereocenters. The molecule has 0 spiro atoms. The van der Waals surface area contributed by atoms with Gasteiger partial charge in [-0.25, -0.2) is 0 Å². The topological polar surface area (TPSA) is 49.8 Å². The normalized spacial score (nSPS) is 17.2. The average Bonchev–Trinajstić information content (AvgIpc) is 3.26. The Kier molecular flexibility index (Phi) is 5.12. The van der Waals surface area contributed by atoms with E-state index in [1.165, 1.54) is 4.90 Å². The Hall–Kier alpha value is -1.26. The van der Waals surface area contributed by atoms with Crippen LogP contribution in [0.2, 0.25) is 5.02 Å². The van der Waals surface area contributed by atoms with Crippen molar-refractivity contribution in [3.05, 3.63) is 28.8 Å². The maximum absolute atomic E-state index is 12.2. The van der Waals surface area contributed by atoms with Gasteiger partial charge in [0, 0.05) is 18.6 Å². The zero-order valence-electron chi connectivity index (χ0n) is 12.7. The summed E-state index contributed by atoms with van der Waals surface area (Å²) in [5.41, 5.74) is 0.909. The quantitative estimate of drug-likeness (QED) is 0.878. The van der Waals surface area contributed by atoms with Crippen molar-refractivity contribution in [3.8, 4) is 5.75 Å². The van der Waals surface area contributed by atoms with Gasteiger partial charge >= 0.3 is 0 Å². The van der Waals surface area contributed by atoms with E-state index in [0.29, 0.717) is 23.2 Å².